The number of carbonyl (C=O) groups is 1. The number of nitrogens with zero attached hydrogens (tertiary/aromatic N) is 2. The van der Waals surface area contributed by atoms with Gasteiger partial charge in [0.15, 0.2) is 5.78 Å². The van der Waals surface area contributed by atoms with E-state index in [1.165, 1.54) is 0 Å². The Bertz CT molecular complexity index is 446. The highest BCUT2D eigenvalue weighted by molar-refractivity contribution is 6.30. The highest BCUT2D eigenvalue weighted by Crippen LogP contribution is 2.15. The van der Waals surface area contributed by atoms with Crippen molar-refractivity contribution in [1.29, 1.82) is 0 Å². The molecule has 20 heavy (non-hydrogen) atoms. The standard InChI is InChI=1S/C16H23ClN2O/c1-3-15-11-18(2)9-4-10-19(15)12-16(20)13-5-7-14(17)8-6-13/h5-8,15H,3-4,9-12H2,1-2H3. The van der Waals surface area contributed by atoms with Crippen molar-refractivity contribution in [3.8, 4) is 0 Å². The fourth-order valence-corrected chi connectivity index (χ4v) is 2.93. The van der Waals surface area contributed by atoms with Gasteiger partial charge in [0.25, 0.3) is 0 Å². The van der Waals surface area contributed by atoms with Crippen LogP contribution in [0.15, 0.2) is 24.3 Å². The minimum atomic E-state index is 0.185. The molecule has 2 rings (SSSR count). The molecular formula is C16H23ClN2O. The van der Waals surface area contributed by atoms with Gasteiger partial charge >= 0.3 is 0 Å². The van der Waals surface area contributed by atoms with Crippen LogP contribution in [0, 0.1) is 0 Å². The minimum Gasteiger partial charge on any atom is -0.305 e. The van der Waals surface area contributed by atoms with Crippen molar-refractivity contribution in [1.82, 2.24) is 9.80 Å². The Balaban J connectivity index is 2.03. The van der Waals surface area contributed by atoms with Gasteiger partial charge in [0.2, 0.25) is 0 Å². The molecule has 0 N–H and O–H groups in total. The van der Waals surface area contributed by atoms with E-state index in [0.29, 0.717) is 17.6 Å². The number of hydrogen-bond acceptors (Lipinski definition) is 3. The summed E-state index contributed by atoms with van der Waals surface area (Å²) in [5.41, 5.74) is 0.752. The molecule has 1 aliphatic heterocycles. The van der Waals surface area contributed by atoms with Crippen molar-refractivity contribution >= 4 is 17.4 Å². The number of Topliss-reactive ketones (excluding diaryl/α,β-unsaturated/α-hetero) is 1. The molecule has 1 unspecified atom stereocenters. The van der Waals surface area contributed by atoms with Gasteiger partial charge in [-0.15, -0.1) is 0 Å². The Kier molecular flexibility index (Phi) is 5.58. The summed E-state index contributed by atoms with van der Waals surface area (Å²) in [4.78, 5) is 17.1. The number of carbonyl (C=O) groups excluding carboxylic acids is 1. The highest BCUT2D eigenvalue weighted by Gasteiger charge is 2.24. The van der Waals surface area contributed by atoms with Gasteiger partial charge in [0.05, 0.1) is 6.54 Å². The lowest BCUT2D eigenvalue weighted by molar-refractivity contribution is 0.0888. The SMILES string of the molecule is CCC1CN(C)CCCN1CC(=O)c1ccc(Cl)cc1. The van der Waals surface area contributed by atoms with E-state index in [0.717, 1.165) is 38.0 Å². The van der Waals surface area contributed by atoms with Gasteiger partial charge in [-0.05, 0) is 50.7 Å². The average molecular weight is 295 g/mol. The third-order valence-electron chi connectivity index (χ3n) is 4.01. The van der Waals surface area contributed by atoms with Gasteiger partial charge in [-0.25, -0.2) is 0 Å². The smallest absolute Gasteiger partial charge is 0.176 e. The van der Waals surface area contributed by atoms with E-state index in [1.54, 1.807) is 12.1 Å². The summed E-state index contributed by atoms with van der Waals surface area (Å²) in [6.45, 7) is 5.87. The Labute approximate surface area is 126 Å². The van der Waals surface area contributed by atoms with Crippen LogP contribution in [-0.4, -0.2) is 54.9 Å². The first-order valence-electron chi connectivity index (χ1n) is 7.31. The van der Waals surface area contributed by atoms with Gasteiger partial charge in [-0.2, -0.15) is 0 Å². The highest BCUT2D eigenvalue weighted by atomic mass is 35.5. The van der Waals surface area contributed by atoms with Crippen LogP contribution in [0.1, 0.15) is 30.1 Å². The topological polar surface area (TPSA) is 23.6 Å². The largest absolute Gasteiger partial charge is 0.305 e. The van der Waals surface area contributed by atoms with Crippen molar-refractivity contribution in [3.05, 3.63) is 34.9 Å². The summed E-state index contributed by atoms with van der Waals surface area (Å²) in [5.74, 6) is 0.185. The van der Waals surface area contributed by atoms with Crippen LogP contribution in [0.25, 0.3) is 0 Å². The second-order valence-corrected chi connectivity index (χ2v) is 6.01. The molecule has 0 saturated carbocycles. The summed E-state index contributed by atoms with van der Waals surface area (Å²) in [6.07, 6.45) is 2.21. The molecule has 1 atom stereocenters. The molecule has 3 nitrogen and oxygen atoms in total. The number of benzene rings is 1. The second kappa shape index (κ2) is 7.21. The van der Waals surface area contributed by atoms with Crippen LogP contribution in [0.5, 0.6) is 0 Å². The molecular weight excluding hydrogens is 272 g/mol. The van der Waals surface area contributed by atoms with E-state index in [1.807, 2.05) is 12.1 Å². The summed E-state index contributed by atoms with van der Waals surface area (Å²) in [7, 11) is 2.16. The van der Waals surface area contributed by atoms with Crippen LogP contribution in [0.4, 0.5) is 0 Å². The molecule has 1 aromatic rings. The first-order chi connectivity index (χ1) is 9.60. The first kappa shape index (κ1) is 15.5. The Morgan fingerprint density at radius 3 is 2.65 bits per heavy atom. The minimum absolute atomic E-state index is 0.185. The van der Waals surface area contributed by atoms with Crippen LogP contribution < -0.4 is 0 Å². The monoisotopic (exact) mass is 294 g/mol. The molecule has 0 aliphatic carbocycles. The fraction of sp³-hybridized carbons (Fsp3) is 0.562. The second-order valence-electron chi connectivity index (χ2n) is 5.58. The van der Waals surface area contributed by atoms with Crippen molar-refractivity contribution in [2.45, 2.75) is 25.8 Å². The Hall–Kier alpha value is -0.900. The lowest BCUT2D eigenvalue weighted by Crippen LogP contribution is -2.42. The molecule has 1 aromatic carbocycles. The zero-order chi connectivity index (χ0) is 14.5. The predicted octanol–water partition coefficient (Wildman–Crippen LogP) is 2.94. The summed E-state index contributed by atoms with van der Waals surface area (Å²) in [5, 5.41) is 0.671. The molecule has 0 bridgehead atoms. The van der Waals surface area contributed by atoms with E-state index < -0.39 is 0 Å². The number of likely N-dealkylation sites (N-methyl/N-ethyl adjacent to an activating group) is 1. The number of rotatable bonds is 4. The van der Waals surface area contributed by atoms with Crippen molar-refractivity contribution in [3.63, 3.8) is 0 Å². The molecule has 1 heterocycles. The van der Waals surface area contributed by atoms with E-state index in [4.69, 9.17) is 11.6 Å². The number of ketones is 1. The van der Waals surface area contributed by atoms with E-state index in [9.17, 15) is 4.79 Å². The predicted molar refractivity (Wildman–Crippen MR) is 83.5 cm³/mol. The zero-order valence-electron chi connectivity index (χ0n) is 12.3. The van der Waals surface area contributed by atoms with Crippen LogP contribution in [-0.2, 0) is 0 Å². The average Bonchev–Trinajstić information content (AvgIpc) is 2.61. The summed E-state index contributed by atoms with van der Waals surface area (Å²) < 4.78 is 0. The van der Waals surface area contributed by atoms with Crippen molar-refractivity contribution < 1.29 is 4.79 Å². The van der Waals surface area contributed by atoms with Crippen LogP contribution in [0.3, 0.4) is 0 Å². The summed E-state index contributed by atoms with van der Waals surface area (Å²) in [6, 6.07) is 7.66. The van der Waals surface area contributed by atoms with Crippen LogP contribution in [0.2, 0.25) is 5.02 Å². The van der Waals surface area contributed by atoms with Gasteiger partial charge in [0.1, 0.15) is 0 Å². The quantitative estimate of drug-likeness (QED) is 0.798. The molecule has 1 saturated heterocycles. The number of halogens is 1. The van der Waals surface area contributed by atoms with Gasteiger partial charge < -0.3 is 4.90 Å². The lowest BCUT2D eigenvalue weighted by atomic mass is 10.1. The molecule has 0 radical (unpaired) electrons. The van der Waals surface area contributed by atoms with E-state index in [-0.39, 0.29) is 5.78 Å². The molecule has 0 aromatic heterocycles. The summed E-state index contributed by atoms with van der Waals surface area (Å²) >= 11 is 5.86. The maximum atomic E-state index is 12.4. The number of hydrogen-bond donors (Lipinski definition) is 0. The molecule has 1 fully saturated rings. The van der Waals surface area contributed by atoms with Crippen molar-refractivity contribution in [2.24, 2.45) is 0 Å². The van der Waals surface area contributed by atoms with Gasteiger partial charge in [0, 0.05) is 29.7 Å². The molecule has 0 spiro atoms. The molecule has 110 valence electrons. The Morgan fingerprint density at radius 1 is 1.30 bits per heavy atom. The van der Waals surface area contributed by atoms with Gasteiger partial charge in [-0.3, -0.25) is 9.69 Å². The zero-order valence-corrected chi connectivity index (χ0v) is 13.1. The maximum Gasteiger partial charge on any atom is 0.176 e. The molecule has 4 heteroatoms. The van der Waals surface area contributed by atoms with Crippen molar-refractivity contribution in [2.75, 3.05) is 33.2 Å². The maximum absolute atomic E-state index is 12.4. The van der Waals surface area contributed by atoms with E-state index >= 15 is 0 Å². The first-order valence-corrected chi connectivity index (χ1v) is 7.69. The molecule has 0 amide bonds. The third-order valence-corrected chi connectivity index (χ3v) is 4.26. The third kappa shape index (κ3) is 4.05. The lowest BCUT2D eigenvalue weighted by Gasteiger charge is -2.29. The normalized spacial score (nSPS) is 21.6. The van der Waals surface area contributed by atoms with Crippen LogP contribution >= 0.6 is 11.6 Å². The Morgan fingerprint density at radius 2 is 2.00 bits per heavy atom. The van der Waals surface area contributed by atoms with E-state index in [2.05, 4.69) is 23.8 Å². The fourth-order valence-electron chi connectivity index (χ4n) is 2.80. The molecule has 1 aliphatic rings. The van der Waals surface area contributed by atoms with Gasteiger partial charge in [-0.1, -0.05) is 18.5 Å².